The molecule has 0 aromatic heterocycles. The van der Waals surface area contributed by atoms with Gasteiger partial charge >= 0.3 is 0 Å². The highest BCUT2D eigenvalue weighted by atomic mass is 79.9. The van der Waals surface area contributed by atoms with Crippen LogP contribution in [-0.2, 0) is 9.59 Å². The van der Waals surface area contributed by atoms with Crippen molar-refractivity contribution in [2.75, 3.05) is 23.9 Å². The lowest BCUT2D eigenvalue weighted by atomic mass is 9.90. The van der Waals surface area contributed by atoms with Crippen LogP contribution in [0.1, 0.15) is 42.7 Å². The Kier molecular flexibility index (Phi) is 9.28. The van der Waals surface area contributed by atoms with Crippen molar-refractivity contribution in [3.63, 3.8) is 0 Å². The van der Waals surface area contributed by atoms with Gasteiger partial charge in [-0.1, -0.05) is 58.4 Å². The third-order valence-corrected chi connectivity index (χ3v) is 7.45. The number of carbonyl (C=O) groups excluding carboxylic acids is 2. The van der Waals surface area contributed by atoms with Crippen LogP contribution in [-0.4, -0.2) is 36.3 Å². The Morgan fingerprint density at radius 1 is 1.08 bits per heavy atom. The molecule has 0 radical (unpaired) electrons. The molecule has 1 fully saturated rings. The maximum atomic E-state index is 13.4. The summed E-state index contributed by atoms with van der Waals surface area (Å²) >= 11 is 3.44. The second kappa shape index (κ2) is 12.8. The van der Waals surface area contributed by atoms with Gasteiger partial charge < -0.3 is 10.2 Å². The van der Waals surface area contributed by atoms with Crippen LogP contribution in [0.4, 0.5) is 11.4 Å². The highest BCUT2D eigenvalue weighted by molar-refractivity contribution is 9.10. The fraction of sp³-hybridized carbons (Fsp3) is 0.267. The average molecular weight is 562 g/mol. The normalized spacial score (nSPS) is 16.6. The number of hydrogen-bond donors (Lipinski definition) is 2. The number of nitrogens with one attached hydrogen (secondary N) is 1. The largest absolute Gasteiger partial charge is 0.326 e. The summed E-state index contributed by atoms with van der Waals surface area (Å²) in [5, 5.41) is 4.20. The fourth-order valence-electron chi connectivity index (χ4n) is 4.72. The number of amides is 2. The van der Waals surface area contributed by atoms with E-state index in [2.05, 4.69) is 33.2 Å². The van der Waals surface area contributed by atoms with Crippen LogP contribution < -0.4 is 16.2 Å². The molecule has 4 rings (SSSR count). The third kappa shape index (κ3) is 7.38. The summed E-state index contributed by atoms with van der Waals surface area (Å²) in [6, 6.07) is 25.1. The van der Waals surface area contributed by atoms with Gasteiger partial charge in [-0.25, -0.2) is 10.9 Å². The van der Waals surface area contributed by atoms with E-state index in [4.69, 9.17) is 5.84 Å². The quantitative estimate of drug-likeness (QED) is 0.146. The van der Waals surface area contributed by atoms with Crippen LogP contribution in [0.3, 0.4) is 0 Å². The fourth-order valence-corrected chi connectivity index (χ4v) is 4.98. The lowest BCUT2D eigenvalue weighted by Gasteiger charge is -2.23. The Labute approximate surface area is 227 Å². The first-order valence-corrected chi connectivity index (χ1v) is 13.4. The molecule has 3 N–H and O–H groups in total. The zero-order valence-electron chi connectivity index (χ0n) is 21.0. The topological polar surface area (TPSA) is 78.7 Å². The van der Waals surface area contributed by atoms with E-state index in [1.54, 1.807) is 18.2 Å². The van der Waals surface area contributed by atoms with Crippen molar-refractivity contribution < 1.29 is 9.59 Å². The Balaban J connectivity index is 1.46. The number of rotatable bonds is 9. The molecule has 1 saturated heterocycles. The Bertz CT molecular complexity index is 1210. The number of halogens is 1. The number of carbonyl (C=O) groups is 2. The van der Waals surface area contributed by atoms with Crippen LogP contribution in [0.5, 0.6) is 0 Å². The minimum atomic E-state index is -0.317. The SMILES string of the molecule is CN1CCCC1CCC(C(=O)Nc1ccc(Br)cc1)c1ccc(C=CC(=O)N(N)c2ccccc2)cc1. The Hall–Kier alpha value is -3.26. The lowest BCUT2D eigenvalue weighted by Crippen LogP contribution is -2.36. The van der Waals surface area contributed by atoms with E-state index in [0.717, 1.165) is 45.7 Å². The first-order valence-electron chi connectivity index (χ1n) is 12.6. The van der Waals surface area contributed by atoms with E-state index in [0.29, 0.717) is 11.7 Å². The van der Waals surface area contributed by atoms with Crippen LogP contribution in [0.2, 0.25) is 0 Å². The molecule has 0 spiro atoms. The number of nitrogens with two attached hydrogens (primary N) is 1. The minimum absolute atomic E-state index is 0.0110. The van der Waals surface area contributed by atoms with E-state index < -0.39 is 0 Å². The molecule has 7 heteroatoms. The van der Waals surface area contributed by atoms with Crippen LogP contribution in [0.15, 0.2) is 89.4 Å². The lowest BCUT2D eigenvalue weighted by molar-refractivity contribution is -0.118. The van der Waals surface area contributed by atoms with Crippen LogP contribution in [0.25, 0.3) is 6.08 Å². The van der Waals surface area contributed by atoms with Gasteiger partial charge in [0.1, 0.15) is 0 Å². The molecule has 37 heavy (non-hydrogen) atoms. The van der Waals surface area contributed by atoms with Crippen LogP contribution in [0, 0.1) is 0 Å². The van der Waals surface area contributed by atoms with E-state index in [9.17, 15) is 9.59 Å². The molecule has 3 aromatic carbocycles. The molecule has 0 aliphatic carbocycles. The third-order valence-electron chi connectivity index (χ3n) is 6.92. The van der Waals surface area contributed by atoms with E-state index in [-0.39, 0.29) is 17.7 Å². The predicted octanol–water partition coefficient (Wildman–Crippen LogP) is 5.97. The second-order valence-corrected chi connectivity index (χ2v) is 10.4. The summed E-state index contributed by atoms with van der Waals surface area (Å²) in [5.41, 5.74) is 3.23. The highest BCUT2D eigenvalue weighted by Gasteiger charge is 2.26. The standard InChI is InChI=1S/C30H33BrN4O2/c1-34-21-5-8-26(34)18-19-28(30(37)33-25-16-14-24(31)15-17-25)23-12-9-22(10-13-23)11-20-29(36)35(32)27-6-3-2-4-7-27/h2-4,6-7,9-17,20,26,28H,5,8,18-19,21,32H2,1H3,(H,33,37). The average Bonchev–Trinajstić information content (AvgIpc) is 3.34. The highest BCUT2D eigenvalue weighted by Crippen LogP contribution is 2.29. The van der Waals surface area contributed by atoms with Gasteiger partial charge in [0.2, 0.25) is 5.91 Å². The van der Waals surface area contributed by atoms with E-state index >= 15 is 0 Å². The first kappa shape index (κ1) is 26.8. The Morgan fingerprint density at radius 3 is 2.43 bits per heavy atom. The van der Waals surface area contributed by atoms with Gasteiger partial charge in [0.15, 0.2) is 0 Å². The summed E-state index contributed by atoms with van der Waals surface area (Å²) in [6.45, 7) is 1.12. The first-order chi connectivity index (χ1) is 17.9. The molecule has 0 bridgehead atoms. The molecule has 1 aliphatic heterocycles. The maximum Gasteiger partial charge on any atom is 0.265 e. The number of hydrazine groups is 1. The molecule has 2 unspecified atom stereocenters. The molecule has 1 heterocycles. The molecule has 2 amide bonds. The van der Waals surface area contributed by atoms with Crippen molar-refractivity contribution in [1.29, 1.82) is 0 Å². The van der Waals surface area contributed by atoms with Crippen molar-refractivity contribution in [3.05, 3.63) is 101 Å². The van der Waals surface area contributed by atoms with Gasteiger partial charge in [0, 0.05) is 22.3 Å². The van der Waals surface area contributed by atoms with E-state index in [1.165, 1.54) is 18.9 Å². The minimum Gasteiger partial charge on any atom is -0.326 e. The maximum absolute atomic E-state index is 13.4. The predicted molar refractivity (Wildman–Crippen MR) is 154 cm³/mol. The number of para-hydroxylation sites is 1. The second-order valence-electron chi connectivity index (χ2n) is 9.45. The van der Waals surface area contributed by atoms with Gasteiger partial charge in [0.05, 0.1) is 11.6 Å². The smallest absolute Gasteiger partial charge is 0.265 e. The van der Waals surface area contributed by atoms with Gasteiger partial charge in [-0.15, -0.1) is 0 Å². The van der Waals surface area contributed by atoms with Gasteiger partial charge in [-0.05, 0) is 92.9 Å². The summed E-state index contributed by atoms with van der Waals surface area (Å²) < 4.78 is 0.968. The zero-order chi connectivity index (χ0) is 26.2. The number of likely N-dealkylation sites (tertiary alicyclic amines) is 1. The van der Waals surface area contributed by atoms with Crippen molar-refractivity contribution in [3.8, 4) is 0 Å². The van der Waals surface area contributed by atoms with Gasteiger partial charge in [-0.2, -0.15) is 0 Å². The number of anilines is 2. The summed E-state index contributed by atoms with van der Waals surface area (Å²) in [6.07, 6.45) is 7.31. The van der Waals surface area contributed by atoms with Gasteiger partial charge in [-0.3, -0.25) is 9.59 Å². The summed E-state index contributed by atoms with van der Waals surface area (Å²) in [5.74, 6) is 5.35. The monoisotopic (exact) mass is 560 g/mol. The molecule has 0 saturated carbocycles. The van der Waals surface area contributed by atoms with Crippen molar-refractivity contribution in [1.82, 2.24) is 4.90 Å². The number of hydrogen-bond acceptors (Lipinski definition) is 4. The number of nitrogens with zero attached hydrogens (tertiary/aromatic N) is 2. The summed E-state index contributed by atoms with van der Waals surface area (Å²) in [7, 11) is 2.16. The molecule has 6 nitrogen and oxygen atoms in total. The molecular weight excluding hydrogens is 528 g/mol. The van der Waals surface area contributed by atoms with Crippen molar-refractivity contribution in [2.45, 2.75) is 37.6 Å². The summed E-state index contributed by atoms with van der Waals surface area (Å²) in [4.78, 5) is 28.2. The van der Waals surface area contributed by atoms with E-state index in [1.807, 2.05) is 66.7 Å². The van der Waals surface area contributed by atoms with Crippen molar-refractivity contribution >= 4 is 45.2 Å². The molecule has 192 valence electrons. The zero-order valence-corrected chi connectivity index (χ0v) is 22.6. The molecule has 3 aromatic rings. The molecule has 2 atom stereocenters. The molecular formula is C30H33BrN4O2. The van der Waals surface area contributed by atoms with Crippen LogP contribution >= 0.6 is 15.9 Å². The van der Waals surface area contributed by atoms with Gasteiger partial charge in [0.25, 0.3) is 5.91 Å². The number of benzene rings is 3. The Morgan fingerprint density at radius 2 is 1.78 bits per heavy atom. The molecule has 1 aliphatic rings. The van der Waals surface area contributed by atoms with Crippen molar-refractivity contribution in [2.24, 2.45) is 5.84 Å².